The van der Waals surface area contributed by atoms with E-state index in [2.05, 4.69) is 5.90 Å². The Morgan fingerprint density at radius 1 is 1.11 bits per heavy atom. The first-order valence-corrected chi connectivity index (χ1v) is 2.26. The smallest absolute Gasteiger partial charge is 0.759 e. The minimum atomic E-state index is -5.17. The molecule has 3 N–H and O–H groups in total. The zero-order valence-electron chi connectivity index (χ0n) is 5.07. The molecular weight excluding hydrogens is 172 g/mol. The van der Waals surface area contributed by atoms with Crippen molar-refractivity contribution in [2.75, 3.05) is 0 Å². The van der Waals surface area contributed by atoms with E-state index in [-0.39, 0.29) is 59.1 Å². The fourth-order valence-corrected chi connectivity index (χ4v) is 0. The Hall–Kier alpha value is 1.79. The van der Waals surface area contributed by atoms with E-state index in [0.717, 1.165) is 0 Å². The zero-order chi connectivity index (χ0) is 6.50. The average molecular weight is 175 g/mol. The van der Waals surface area contributed by atoms with Crippen LogP contribution in [0.5, 0.6) is 0 Å². The molecule has 0 atom stereocenters. The summed E-state index contributed by atoms with van der Waals surface area (Å²) in [7, 11) is -5.17. The maximum atomic E-state index is 8.52. The van der Waals surface area contributed by atoms with Crippen LogP contribution < -0.4 is 65.0 Å². The van der Waals surface area contributed by atoms with Crippen molar-refractivity contribution in [3.05, 3.63) is 0 Å². The van der Waals surface area contributed by atoms with Gasteiger partial charge in [-0.25, -0.2) is 5.90 Å². The first kappa shape index (κ1) is 22.4. The van der Waals surface area contributed by atoms with Crippen LogP contribution in [0.4, 0.5) is 0 Å². The van der Waals surface area contributed by atoms with Crippen molar-refractivity contribution >= 4 is 10.4 Å². The Labute approximate surface area is 96.9 Å². The standard InChI is InChI=1S/H3NO.2Na.H2O4S/c1-2;;;1-5(2,3)4/h2H,1H2;;;(H2,1,2,3,4)/q;2*+1;/p-2. The fourth-order valence-electron chi connectivity index (χ4n) is 0. The van der Waals surface area contributed by atoms with Crippen LogP contribution in [0.1, 0.15) is 0 Å². The quantitative estimate of drug-likeness (QED) is 0.163. The maximum Gasteiger partial charge on any atom is 1.00 e. The van der Waals surface area contributed by atoms with Crippen LogP contribution in [0.3, 0.4) is 0 Å². The molecule has 0 saturated heterocycles. The van der Waals surface area contributed by atoms with Gasteiger partial charge in [0.1, 0.15) is 0 Å². The summed E-state index contributed by atoms with van der Waals surface area (Å²) in [5.74, 6) is 3.50. The van der Waals surface area contributed by atoms with Gasteiger partial charge in [0.05, 0.1) is 0 Å². The molecule has 9 heavy (non-hydrogen) atoms. The summed E-state index contributed by atoms with van der Waals surface area (Å²) in [4.78, 5) is 0. The molecule has 0 saturated carbocycles. The Balaban J connectivity index is -0.0000000286. The Morgan fingerprint density at radius 2 is 1.11 bits per heavy atom. The summed E-state index contributed by atoms with van der Waals surface area (Å²) in [5.41, 5.74) is 0. The molecule has 0 radical (unpaired) electrons. The molecule has 0 fully saturated rings. The molecule has 9 heteroatoms. The van der Waals surface area contributed by atoms with Crippen LogP contribution >= 0.6 is 0 Å². The van der Waals surface area contributed by atoms with Crippen molar-refractivity contribution in [1.29, 1.82) is 0 Å². The summed E-state index contributed by atoms with van der Waals surface area (Å²) in [6, 6.07) is 0. The van der Waals surface area contributed by atoms with Gasteiger partial charge in [0.15, 0.2) is 0 Å². The van der Waals surface area contributed by atoms with Crippen LogP contribution in [0, 0.1) is 0 Å². The van der Waals surface area contributed by atoms with Gasteiger partial charge in [-0.1, -0.05) is 0 Å². The molecule has 46 valence electrons. The predicted octanol–water partition coefficient (Wildman–Crippen LogP) is -8.00. The van der Waals surface area contributed by atoms with Crippen LogP contribution in [0.25, 0.3) is 0 Å². The molecule has 0 aliphatic heterocycles. The van der Waals surface area contributed by atoms with Crippen LogP contribution in [0.15, 0.2) is 0 Å². The van der Waals surface area contributed by atoms with Gasteiger partial charge in [0, 0.05) is 10.4 Å². The van der Waals surface area contributed by atoms with E-state index in [9.17, 15) is 0 Å². The fraction of sp³-hybridized carbons (Fsp3) is 0. The first-order chi connectivity index (χ1) is 3.00. The first-order valence-electron chi connectivity index (χ1n) is 0.925. The van der Waals surface area contributed by atoms with E-state index < -0.39 is 10.4 Å². The summed E-state index contributed by atoms with van der Waals surface area (Å²) in [6.45, 7) is 0. The van der Waals surface area contributed by atoms with E-state index in [1.54, 1.807) is 0 Å². The minimum Gasteiger partial charge on any atom is -0.759 e. The van der Waals surface area contributed by atoms with Crippen molar-refractivity contribution in [2.24, 2.45) is 5.90 Å². The second kappa shape index (κ2) is 12.5. The minimum absolute atomic E-state index is 0. The van der Waals surface area contributed by atoms with Crippen LogP contribution in [-0.4, -0.2) is 22.7 Å². The molecule has 0 aromatic carbocycles. The monoisotopic (exact) mass is 175 g/mol. The van der Waals surface area contributed by atoms with Gasteiger partial charge in [-0.2, -0.15) is 0 Å². The second-order valence-corrected chi connectivity index (χ2v) is 1.22. The van der Waals surface area contributed by atoms with Gasteiger partial charge in [0.2, 0.25) is 0 Å². The number of rotatable bonds is 0. The largest absolute Gasteiger partial charge is 1.00 e. The van der Waals surface area contributed by atoms with Crippen molar-refractivity contribution in [3.8, 4) is 0 Å². The zero-order valence-corrected chi connectivity index (χ0v) is 9.88. The molecule has 0 amide bonds. The van der Waals surface area contributed by atoms with E-state index >= 15 is 0 Å². The van der Waals surface area contributed by atoms with Gasteiger partial charge in [-0.15, -0.1) is 0 Å². The van der Waals surface area contributed by atoms with Crippen molar-refractivity contribution in [2.45, 2.75) is 0 Å². The second-order valence-electron chi connectivity index (χ2n) is 0.408. The molecule has 0 heterocycles. The molecule has 0 spiro atoms. The van der Waals surface area contributed by atoms with E-state index in [1.165, 1.54) is 0 Å². The van der Waals surface area contributed by atoms with Crippen LogP contribution in [-0.2, 0) is 10.4 Å². The van der Waals surface area contributed by atoms with Gasteiger partial charge in [0.25, 0.3) is 0 Å². The Kier molecular flexibility index (Phi) is 31.1. The molecule has 0 unspecified atom stereocenters. The summed E-state index contributed by atoms with van der Waals surface area (Å²) >= 11 is 0. The van der Waals surface area contributed by atoms with E-state index in [0.29, 0.717) is 0 Å². The van der Waals surface area contributed by atoms with Crippen LogP contribution in [0.2, 0.25) is 0 Å². The van der Waals surface area contributed by atoms with E-state index in [1.807, 2.05) is 0 Å². The number of hydrogen-bond acceptors (Lipinski definition) is 6. The SMILES string of the molecule is NO.O=S(=O)([O-])[O-].[Na+].[Na+]. The molecule has 0 aromatic rings. The van der Waals surface area contributed by atoms with E-state index in [4.69, 9.17) is 22.7 Å². The Bertz CT molecular complexity index is 98.1. The molecule has 0 bridgehead atoms. The predicted molar refractivity (Wildman–Crippen MR) is 16.4 cm³/mol. The van der Waals surface area contributed by atoms with Gasteiger partial charge < -0.3 is 14.3 Å². The summed E-state index contributed by atoms with van der Waals surface area (Å²) in [5, 5.41) is 6.50. The third-order valence-corrected chi connectivity index (χ3v) is 0. The molecule has 0 rings (SSSR count). The maximum absolute atomic E-state index is 8.52. The number of nitrogens with two attached hydrogens (primary N) is 1. The van der Waals surface area contributed by atoms with Crippen molar-refractivity contribution < 1.29 is 81.8 Å². The Morgan fingerprint density at radius 3 is 1.11 bits per heavy atom. The third kappa shape index (κ3) is 185. The molecule has 0 aliphatic carbocycles. The van der Waals surface area contributed by atoms with Gasteiger partial charge in [-0.3, -0.25) is 8.42 Å². The molecule has 0 aliphatic rings. The normalized spacial score (nSPS) is 7.11. The molecule has 6 nitrogen and oxygen atoms in total. The topological polar surface area (TPSA) is 127 Å². The van der Waals surface area contributed by atoms with Gasteiger partial charge >= 0.3 is 59.1 Å². The molecule has 0 aromatic heterocycles. The van der Waals surface area contributed by atoms with Gasteiger partial charge in [-0.05, 0) is 0 Å². The third-order valence-electron chi connectivity index (χ3n) is 0. The van der Waals surface area contributed by atoms with Crippen molar-refractivity contribution in [1.82, 2.24) is 0 Å². The van der Waals surface area contributed by atoms with Crippen molar-refractivity contribution in [3.63, 3.8) is 0 Å². The summed E-state index contributed by atoms with van der Waals surface area (Å²) < 4.78 is 34.1. The number of hydrogen-bond donors (Lipinski definition) is 2. The average Bonchev–Trinajstić information content (AvgIpc) is 1.36. The summed E-state index contributed by atoms with van der Waals surface area (Å²) in [6.07, 6.45) is 0. The molecular formula is H3NNa2O5S.